The van der Waals surface area contributed by atoms with Crippen LogP contribution in [0.2, 0.25) is 0 Å². The van der Waals surface area contributed by atoms with E-state index in [2.05, 4.69) is 25.7 Å². The van der Waals surface area contributed by atoms with Gasteiger partial charge in [-0.3, -0.25) is 0 Å². The van der Waals surface area contributed by atoms with Crippen LogP contribution in [0.4, 0.5) is 0 Å². The number of rotatable bonds is 7. The molecule has 0 saturated heterocycles. The molecule has 0 spiro atoms. The molecule has 0 radical (unpaired) electrons. The van der Waals surface area contributed by atoms with Crippen molar-refractivity contribution in [1.29, 1.82) is 0 Å². The molecule has 190 valence electrons. The van der Waals surface area contributed by atoms with E-state index in [1.54, 1.807) is 6.08 Å². The Morgan fingerprint density at radius 1 is 1.26 bits per heavy atom. The third kappa shape index (κ3) is 5.75. The molecule has 0 aromatic heterocycles. The van der Waals surface area contributed by atoms with Gasteiger partial charge in [0.25, 0.3) is 0 Å². The SMILES string of the molecule is C=C1/C(=C\C=C2/CCC[C@]3(C)[C@@H]([C@H](C)OC(=O)/C=C/C(O)(CC)CC)CC[C@@H]23)C[C@@H](O)C[C@@H]1O. The van der Waals surface area contributed by atoms with Gasteiger partial charge in [-0.05, 0) is 86.8 Å². The molecule has 0 aliphatic heterocycles. The molecule has 0 unspecified atom stereocenters. The molecule has 3 fully saturated rings. The Balaban J connectivity index is 1.71. The first-order chi connectivity index (χ1) is 16.0. The zero-order chi connectivity index (χ0) is 25.1. The first-order valence-electron chi connectivity index (χ1n) is 13.1. The second kappa shape index (κ2) is 10.9. The highest BCUT2D eigenvalue weighted by Gasteiger charge is 2.51. The van der Waals surface area contributed by atoms with Gasteiger partial charge in [-0.15, -0.1) is 0 Å². The van der Waals surface area contributed by atoms with Gasteiger partial charge in [0.2, 0.25) is 0 Å². The number of ether oxygens (including phenoxy) is 1. The van der Waals surface area contributed by atoms with Crippen LogP contribution in [0.1, 0.15) is 85.5 Å². The van der Waals surface area contributed by atoms with Crippen molar-refractivity contribution in [2.45, 2.75) is 109 Å². The average molecular weight is 473 g/mol. The maximum atomic E-state index is 12.5. The minimum atomic E-state index is -0.958. The van der Waals surface area contributed by atoms with Crippen molar-refractivity contribution < 1.29 is 24.9 Å². The Morgan fingerprint density at radius 3 is 2.65 bits per heavy atom. The van der Waals surface area contributed by atoms with Crippen LogP contribution in [0.25, 0.3) is 0 Å². The molecule has 5 heteroatoms. The van der Waals surface area contributed by atoms with Crippen LogP contribution in [0.3, 0.4) is 0 Å². The van der Waals surface area contributed by atoms with Gasteiger partial charge in [0.05, 0.1) is 17.8 Å². The van der Waals surface area contributed by atoms with E-state index in [4.69, 9.17) is 4.74 Å². The topological polar surface area (TPSA) is 87.0 Å². The quantitative estimate of drug-likeness (QED) is 0.352. The number of aliphatic hydroxyl groups is 3. The van der Waals surface area contributed by atoms with Crippen LogP contribution < -0.4 is 0 Å². The molecule has 0 bridgehead atoms. The minimum absolute atomic E-state index is 0.0716. The summed E-state index contributed by atoms with van der Waals surface area (Å²) in [6, 6.07) is 0. The summed E-state index contributed by atoms with van der Waals surface area (Å²) in [4.78, 5) is 12.5. The first-order valence-corrected chi connectivity index (χ1v) is 13.1. The van der Waals surface area contributed by atoms with Crippen LogP contribution in [0.5, 0.6) is 0 Å². The summed E-state index contributed by atoms with van der Waals surface area (Å²) in [6.45, 7) is 12.2. The molecule has 0 heterocycles. The van der Waals surface area contributed by atoms with Crippen molar-refractivity contribution in [1.82, 2.24) is 0 Å². The smallest absolute Gasteiger partial charge is 0.330 e. The zero-order valence-electron chi connectivity index (χ0n) is 21.4. The Labute approximate surface area is 205 Å². The second-order valence-electron chi connectivity index (χ2n) is 10.9. The van der Waals surface area contributed by atoms with Crippen LogP contribution in [0, 0.1) is 17.3 Å². The lowest BCUT2D eigenvalue weighted by Crippen LogP contribution is -2.39. The van der Waals surface area contributed by atoms with Crippen LogP contribution >= 0.6 is 0 Å². The summed E-state index contributed by atoms with van der Waals surface area (Å²) in [5.41, 5.74) is 2.19. The molecule has 0 aromatic rings. The lowest BCUT2D eigenvalue weighted by molar-refractivity contribution is -0.147. The largest absolute Gasteiger partial charge is 0.459 e. The van der Waals surface area contributed by atoms with Gasteiger partial charge in [0, 0.05) is 18.4 Å². The highest BCUT2D eigenvalue weighted by atomic mass is 16.5. The molecule has 6 atom stereocenters. The van der Waals surface area contributed by atoms with Crippen molar-refractivity contribution in [3.05, 3.63) is 47.6 Å². The van der Waals surface area contributed by atoms with E-state index >= 15 is 0 Å². The number of carbonyl (C=O) groups is 1. The van der Waals surface area contributed by atoms with Gasteiger partial charge in [0.15, 0.2) is 0 Å². The summed E-state index contributed by atoms with van der Waals surface area (Å²) in [5, 5.41) is 30.6. The summed E-state index contributed by atoms with van der Waals surface area (Å²) in [7, 11) is 0. The predicted octanol–water partition coefficient (Wildman–Crippen LogP) is 5.17. The third-order valence-electron chi connectivity index (χ3n) is 8.92. The van der Waals surface area contributed by atoms with Gasteiger partial charge >= 0.3 is 5.97 Å². The van der Waals surface area contributed by atoms with Crippen molar-refractivity contribution in [3.63, 3.8) is 0 Å². The number of hydrogen-bond acceptors (Lipinski definition) is 5. The van der Waals surface area contributed by atoms with E-state index in [9.17, 15) is 20.1 Å². The van der Waals surface area contributed by atoms with Gasteiger partial charge in [0.1, 0.15) is 6.10 Å². The van der Waals surface area contributed by atoms with Gasteiger partial charge in [-0.2, -0.15) is 0 Å². The van der Waals surface area contributed by atoms with Crippen LogP contribution in [0.15, 0.2) is 47.6 Å². The van der Waals surface area contributed by atoms with Gasteiger partial charge in [-0.25, -0.2) is 4.79 Å². The highest BCUT2D eigenvalue weighted by Crippen LogP contribution is 2.58. The fourth-order valence-corrected chi connectivity index (χ4v) is 6.53. The lowest BCUT2D eigenvalue weighted by Gasteiger charge is -2.43. The van der Waals surface area contributed by atoms with E-state index in [1.165, 1.54) is 11.6 Å². The van der Waals surface area contributed by atoms with Crippen molar-refractivity contribution in [2.24, 2.45) is 17.3 Å². The maximum Gasteiger partial charge on any atom is 0.330 e. The van der Waals surface area contributed by atoms with E-state index in [0.29, 0.717) is 31.6 Å². The molecule has 0 aromatic carbocycles. The minimum Gasteiger partial charge on any atom is -0.459 e. The van der Waals surface area contributed by atoms with Gasteiger partial charge < -0.3 is 20.1 Å². The fourth-order valence-electron chi connectivity index (χ4n) is 6.53. The van der Waals surface area contributed by atoms with Crippen molar-refractivity contribution in [3.8, 4) is 0 Å². The number of esters is 1. The number of fused-ring (bicyclic) bond motifs is 1. The van der Waals surface area contributed by atoms with E-state index in [0.717, 1.165) is 43.3 Å². The van der Waals surface area contributed by atoms with E-state index in [-0.39, 0.29) is 23.4 Å². The highest BCUT2D eigenvalue weighted by molar-refractivity contribution is 5.82. The normalized spacial score (nSPS) is 35.7. The second-order valence-corrected chi connectivity index (χ2v) is 10.9. The average Bonchev–Trinajstić information content (AvgIpc) is 3.16. The predicted molar refractivity (Wildman–Crippen MR) is 135 cm³/mol. The van der Waals surface area contributed by atoms with E-state index in [1.807, 2.05) is 20.8 Å². The monoisotopic (exact) mass is 472 g/mol. The Morgan fingerprint density at radius 2 is 1.97 bits per heavy atom. The standard InChI is InChI=1S/C29H44O5/c1-6-29(33,7-2)16-14-27(32)34-20(4)24-12-13-25-21(9-8-15-28(24,25)5)10-11-22-17-23(30)18-26(31)19(22)3/h10-11,14,16,20,23-26,30-31,33H,3,6-9,12-13,15,17-18H2,1-2,4-5H3/b16-14+,21-10+,22-11-/t20-,23+,24+,25-,26-,28+/m0/s1. The Kier molecular flexibility index (Phi) is 8.65. The number of allylic oxidation sites excluding steroid dienone is 3. The molecular weight excluding hydrogens is 428 g/mol. The van der Waals surface area contributed by atoms with Crippen LogP contribution in [-0.4, -0.2) is 45.2 Å². The number of aliphatic hydroxyl groups excluding tert-OH is 2. The fraction of sp³-hybridized carbons (Fsp3) is 0.690. The van der Waals surface area contributed by atoms with Crippen LogP contribution in [-0.2, 0) is 9.53 Å². The molecule has 3 N–H and O–H groups in total. The van der Waals surface area contributed by atoms with Gasteiger partial charge in [-0.1, -0.05) is 45.1 Å². The molecule has 5 nitrogen and oxygen atoms in total. The zero-order valence-corrected chi connectivity index (χ0v) is 21.4. The third-order valence-corrected chi connectivity index (χ3v) is 8.92. The summed E-state index contributed by atoms with van der Waals surface area (Å²) in [6.07, 6.45) is 13.2. The number of hydrogen-bond donors (Lipinski definition) is 3. The van der Waals surface area contributed by atoms with Crippen molar-refractivity contribution in [2.75, 3.05) is 0 Å². The summed E-state index contributed by atoms with van der Waals surface area (Å²) >= 11 is 0. The maximum absolute atomic E-state index is 12.5. The molecular formula is C29H44O5. The summed E-state index contributed by atoms with van der Waals surface area (Å²) in [5.74, 6) is 0.344. The summed E-state index contributed by atoms with van der Waals surface area (Å²) < 4.78 is 5.83. The molecule has 3 aliphatic carbocycles. The van der Waals surface area contributed by atoms with Crippen molar-refractivity contribution >= 4 is 5.97 Å². The molecule has 3 saturated carbocycles. The Hall–Kier alpha value is -1.69. The molecule has 3 rings (SSSR count). The molecule has 0 amide bonds. The van der Waals surface area contributed by atoms with E-state index < -0.39 is 17.8 Å². The first kappa shape index (κ1) is 26.9. The Bertz CT molecular complexity index is 849. The molecule has 34 heavy (non-hydrogen) atoms. The molecule has 3 aliphatic rings. The number of carbonyl (C=O) groups excluding carboxylic acids is 1. The lowest BCUT2D eigenvalue weighted by atomic mass is 9.62.